The normalized spacial score (nSPS) is 11.0. The zero-order valence-corrected chi connectivity index (χ0v) is 17.5. The molecule has 6 nitrogen and oxygen atoms in total. The number of rotatable bonds is 9. The van der Waals surface area contributed by atoms with Crippen molar-refractivity contribution in [2.75, 3.05) is 37.8 Å². The highest BCUT2D eigenvalue weighted by atomic mass is 16.5. The molecule has 29 heavy (non-hydrogen) atoms. The molecule has 0 bridgehead atoms. The highest BCUT2D eigenvalue weighted by Gasteiger charge is 2.08. The zero-order chi connectivity index (χ0) is 20.6. The average molecular weight is 392 g/mol. The van der Waals surface area contributed by atoms with Crippen LogP contribution in [-0.2, 0) is 0 Å². The minimum Gasteiger partial charge on any atom is -0.491 e. The van der Waals surface area contributed by atoms with Crippen molar-refractivity contribution in [3.05, 3.63) is 60.7 Å². The summed E-state index contributed by atoms with van der Waals surface area (Å²) in [5.74, 6) is 2.19. The molecule has 0 aliphatic carbocycles. The summed E-state index contributed by atoms with van der Waals surface area (Å²) in [7, 11) is 4.10. The summed E-state index contributed by atoms with van der Waals surface area (Å²) >= 11 is 0. The predicted molar refractivity (Wildman–Crippen MR) is 120 cm³/mol. The van der Waals surface area contributed by atoms with Crippen LogP contribution in [-0.4, -0.2) is 48.2 Å². The number of hydrogen-bond donors (Lipinski definition) is 2. The molecule has 2 aromatic carbocycles. The SMILES string of the molecule is CC(C)Oc1ccc(Nc2nc(NCCN(C)C)cc(-c3ccccc3)n2)cc1. The Morgan fingerprint density at radius 3 is 2.34 bits per heavy atom. The first kappa shape index (κ1) is 20.6. The number of benzene rings is 2. The van der Waals surface area contributed by atoms with Gasteiger partial charge in [0.05, 0.1) is 11.8 Å². The lowest BCUT2D eigenvalue weighted by atomic mass is 10.1. The van der Waals surface area contributed by atoms with Gasteiger partial charge in [-0.25, -0.2) is 4.98 Å². The third kappa shape index (κ3) is 6.47. The third-order valence-corrected chi connectivity index (χ3v) is 4.14. The Morgan fingerprint density at radius 2 is 1.69 bits per heavy atom. The molecule has 0 atom stereocenters. The summed E-state index contributed by atoms with van der Waals surface area (Å²) < 4.78 is 5.71. The Morgan fingerprint density at radius 1 is 0.966 bits per heavy atom. The molecule has 0 amide bonds. The van der Waals surface area contributed by atoms with E-state index in [1.807, 2.05) is 74.5 Å². The molecule has 3 rings (SSSR count). The number of likely N-dealkylation sites (N-methyl/N-ethyl adjacent to an activating group) is 1. The molecule has 0 saturated heterocycles. The van der Waals surface area contributed by atoms with Crippen LogP contribution in [0.4, 0.5) is 17.5 Å². The highest BCUT2D eigenvalue weighted by molar-refractivity contribution is 5.66. The average Bonchev–Trinajstić information content (AvgIpc) is 2.69. The van der Waals surface area contributed by atoms with Crippen LogP contribution < -0.4 is 15.4 Å². The van der Waals surface area contributed by atoms with Crippen molar-refractivity contribution in [1.29, 1.82) is 0 Å². The molecule has 1 aromatic heterocycles. The van der Waals surface area contributed by atoms with Crippen LogP contribution in [0.25, 0.3) is 11.3 Å². The molecule has 0 radical (unpaired) electrons. The lowest BCUT2D eigenvalue weighted by Crippen LogP contribution is -2.21. The third-order valence-electron chi connectivity index (χ3n) is 4.14. The summed E-state index contributed by atoms with van der Waals surface area (Å²) in [4.78, 5) is 11.5. The number of aromatic nitrogens is 2. The van der Waals surface area contributed by atoms with Gasteiger partial charge in [-0.1, -0.05) is 30.3 Å². The molecule has 3 aromatic rings. The Balaban J connectivity index is 1.82. The molecule has 2 N–H and O–H groups in total. The fourth-order valence-corrected chi connectivity index (χ4v) is 2.78. The van der Waals surface area contributed by atoms with E-state index in [1.54, 1.807) is 0 Å². The first-order valence-electron chi connectivity index (χ1n) is 9.86. The number of ether oxygens (including phenoxy) is 1. The van der Waals surface area contributed by atoms with Gasteiger partial charge in [0.2, 0.25) is 5.95 Å². The molecule has 152 valence electrons. The number of hydrogen-bond acceptors (Lipinski definition) is 6. The first-order valence-corrected chi connectivity index (χ1v) is 9.86. The Bertz CT molecular complexity index is 895. The largest absolute Gasteiger partial charge is 0.491 e. The van der Waals surface area contributed by atoms with Gasteiger partial charge in [0.1, 0.15) is 11.6 Å². The van der Waals surface area contributed by atoms with Gasteiger partial charge in [-0.3, -0.25) is 0 Å². The monoisotopic (exact) mass is 391 g/mol. The highest BCUT2D eigenvalue weighted by Crippen LogP contribution is 2.24. The minimum atomic E-state index is 0.149. The van der Waals surface area contributed by atoms with E-state index in [-0.39, 0.29) is 6.10 Å². The fourth-order valence-electron chi connectivity index (χ4n) is 2.78. The van der Waals surface area contributed by atoms with Crippen LogP contribution in [0.15, 0.2) is 60.7 Å². The second-order valence-electron chi connectivity index (χ2n) is 7.37. The van der Waals surface area contributed by atoms with Gasteiger partial charge in [-0.2, -0.15) is 4.98 Å². The van der Waals surface area contributed by atoms with E-state index in [0.717, 1.165) is 41.6 Å². The van der Waals surface area contributed by atoms with Gasteiger partial charge in [0, 0.05) is 30.4 Å². The molecular formula is C23H29N5O. The topological polar surface area (TPSA) is 62.3 Å². The molecular weight excluding hydrogens is 362 g/mol. The van der Waals surface area contributed by atoms with Crippen molar-refractivity contribution < 1.29 is 4.74 Å². The van der Waals surface area contributed by atoms with E-state index in [2.05, 4.69) is 34.6 Å². The quantitative estimate of drug-likeness (QED) is 0.554. The van der Waals surface area contributed by atoms with Gasteiger partial charge in [-0.05, 0) is 52.2 Å². The summed E-state index contributed by atoms with van der Waals surface area (Å²) in [6.45, 7) is 5.75. The zero-order valence-electron chi connectivity index (χ0n) is 17.5. The standard InChI is InChI=1S/C23H29N5O/c1-17(2)29-20-12-10-19(11-13-20)25-23-26-21(18-8-6-5-7-9-18)16-22(27-23)24-14-15-28(3)4/h5-13,16-17H,14-15H2,1-4H3,(H2,24,25,26,27). The van der Waals surface area contributed by atoms with Crippen molar-refractivity contribution >= 4 is 17.5 Å². The Hall–Kier alpha value is -3.12. The minimum absolute atomic E-state index is 0.149. The van der Waals surface area contributed by atoms with E-state index in [1.165, 1.54) is 0 Å². The smallest absolute Gasteiger partial charge is 0.229 e. The van der Waals surface area contributed by atoms with Crippen LogP contribution in [0.2, 0.25) is 0 Å². The van der Waals surface area contributed by atoms with E-state index < -0.39 is 0 Å². The molecule has 0 unspecified atom stereocenters. The fraction of sp³-hybridized carbons (Fsp3) is 0.304. The maximum atomic E-state index is 5.71. The summed E-state index contributed by atoms with van der Waals surface area (Å²) in [6, 6.07) is 19.9. The van der Waals surface area contributed by atoms with Crippen LogP contribution in [0.3, 0.4) is 0 Å². The van der Waals surface area contributed by atoms with Crippen molar-refractivity contribution in [3.63, 3.8) is 0 Å². The molecule has 6 heteroatoms. The number of nitrogens with one attached hydrogen (secondary N) is 2. The Labute approximate surface area is 173 Å². The van der Waals surface area contributed by atoms with Gasteiger partial charge in [0.15, 0.2) is 0 Å². The van der Waals surface area contributed by atoms with E-state index >= 15 is 0 Å². The second-order valence-corrected chi connectivity index (χ2v) is 7.37. The van der Waals surface area contributed by atoms with Gasteiger partial charge in [-0.15, -0.1) is 0 Å². The van der Waals surface area contributed by atoms with Crippen molar-refractivity contribution in [3.8, 4) is 17.0 Å². The summed E-state index contributed by atoms with van der Waals surface area (Å²) in [5.41, 5.74) is 2.83. The molecule has 0 spiro atoms. The van der Waals surface area contributed by atoms with E-state index in [0.29, 0.717) is 5.95 Å². The van der Waals surface area contributed by atoms with Crippen LogP contribution in [0.5, 0.6) is 5.75 Å². The number of anilines is 3. The molecule has 0 aliphatic heterocycles. The molecule has 0 saturated carbocycles. The van der Waals surface area contributed by atoms with Crippen LogP contribution in [0, 0.1) is 0 Å². The predicted octanol–water partition coefficient (Wildman–Crippen LogP) is 4.65. The molecule has 1 heterocycles. The lowest BCUT2D eigenvalue weighted by molar-refractivity contribution is 0.242. The van der Waals surface area contributed by atoms with E-state index in [9.17, 15) is 0 Å². The van der Waals surface area contributed by atoms with Crippen molar-refractivity contribution in [1.82, 2.24) is 14.9 Å². The van der Waals surface area contributed by atoms with Gasteiger partial charge in [0.25, 0.3) is 0 Å². The molecule has 0 aliphatic rings. The maximum Gasteiger partial charge on any atom is 0.229 e. The van der Waals surface area contributed by atoms with Gasteiger partial charge < -0.3 is 20.3 Å². The summed E-state index contributed by atoms with van der Waals surface area (Å²) in [5, 5.41) is 6.70. The van der Waals surface area contributed by atoms with Crippen molar-refractivity contribution in [2.24, 2.45) is 0 Å². The maximum absolute atomic E-state index is 5.71. The van der Waals surface area contributed by atoms with Crippen LogP contribution in [0.1, 0.15) is 13.8 Å². The van der Waals surface area contributed by atoms with E-state index in [4.69, 9.17) is 9.72 Å². The Kier molecular flexibility index (Phi) is 7.03. The van der Waals surface area contributed by atoms with Crippen LogP contribution >= 0.6 is 0 Å². The lowest BCUT2D eigenvalue weighted by Gasteiger charge is -2.14. The second kappa shape index (κ2) is 9.89. The van der Waals surface area contributed by atoms with Crippen molar-refractivity contribution in [2.45, 2.75) is 20.0 Å². The molecule has 0 fully saturated rings. The van der Waals surface area contributed by atoms with Gasteiger partial charge >= 0.3 is 0 Å². The summed E-state index contributed by atoms with van der Waals surface area (Å²) in [6.07, 6.45) is 0.149. The number of nitrogens with zero attached hydrogens (tertiary/aromatic N) is 3. The first-order chi connectivity index (χ1) is 14.0.